The summed E-state index contributed by atoms with van der Waals surface area (Å²) in [5.74, 6) is 0.955. The molecule has 1 amide bonds. The third-order valence-electron chi connectivity index (χ3n) is 4.20. The molecule has 1 aliphatic rings. The van der Waals surface area contributed by atoms with E-state index in [1.165, 1.54) is 4.68 Å². The molecule has 0 atom stereocenters. The number of aromatic nitrogens is 2. The van der Waals surface area contributed by atoms with Gasteiger partial charge in [0.2, 0.25) is 0 Å². The molecule has 0 aromatic carbocycles. The van der Waals surface area contributed by atoms with Crippen LogP contribution in [-0.4, -0.2) is 28.8 Å². The SMILES string of the molecule is Cc1cc(C2CCNCC2)oc(=O)c1C(=O)Nc1ccnn1C.Cl.Cl. The minimum Gasteiger partial charge on any atom is -0.427 e. The van der Waals surface area contributed by atoms with Gasteiger partial charge in [0, 0.05) is 19.0 Å². The van der Waals surface area contributed by atoms with Gasteiger partial charge in [-0.2, -0.15) is 5.10 Å². The quantitative estimate of drug-likeness (QED) is 0.841. The Bertz CT molecular complexity index is 782. The van der Waals surface area contributed by atoms with Crippen LogP contribution in [0.15, 0.2) is 27.5 Å². The average molecular weight is 389 g/mol. The maximum atomic E-state index is 12.4. The number of piperidine rings is 1. The highest BCUT2D eigenvalue weighted by atomic mass is 35.5. The summed E-state index contributed by atoms with van der Waals surface area (Å²) >= 11 is 0. The molecule has 25 heavy (non-hydrogen) atoms. The molecule has 3 rings (SSSR count). The van der Waals surface area contributed by atoms with Crippen LogP contribution in [0, 0.1) is 6.92 Å². The van der Waals surface area contributed by atoms with Crippen molar-refractivity contribution in [3.05, 3.63) is 45.6 Å². The van der Waals surface area contributed by atoms with Crippen LogP contribution in [0.3, 0.4) is 0 Å². The molecule has 1 saturated heterocycles. The lowest BCUT2D eigenvalue weighted by atomic mass is 9.94. The molecule has 2 aromatic heterocycles. The summed E-state index contributed by atoms with van der Waals surface area (Å²) in [5, 5.41) is 9.94. The first-order chi connectivity index (χ1) is 11.1. The number of carbonyl (C=O) groups excluding carboxylic acids is 1. The lowest BCUT2D eigenvalue weighted by Crippen LogP contribution is -2.28. The minimum atomic E-state index is -0.585. The molecule has 138 valence electrons. The van der Waals surface area contributed by atoms with Crippen molar-refractivity contribution >= 4 is 36.5 Å². The molecule has 9 heteroatoms. The van der Waals surface area contributed by atoms with Gasteiger partial charge in [0.05, 0.1) is 6.20 Å². The van der Waals surface area contributed by atoms with Gasteiger partial charge in [0.1, 0.15) is 17.1 Å². The van der Waals surface area contributed by atoms with E-state index in [1.807, 2.05) is 6.07 Å². The van der Waals surface area contributed by atoms with E-state index < -0.39 is 11.5 Å². The summed E-state index contributed by atoms with van der Waals surface area (Å²) in [5.41, 5.74) is 0.0940. The van der Waals surface area contributed by atoms with Crippen molar-refractivity contribution in [2.75, 3.05) is 18.4 Å². The minimum absolute atomic E-state index is 0. The molecule has 0 spiro atoms. The van der Waals surface area contributed by atoms with Crippen molar-refractivity contribution < 1.29 is 9.21 Å². The van der Waals surface area contributed by atoms with Gasteiger partial charge < -0.3 is 15.1 Å². The highest BCUT2D eigenvalue weighted by Crippen LogP contribution is 2.25. The number of anilines is 1. The van der Waals surface area contributed by atoms with Crippen LogP contribution in [0.1, 0.15) is 40.4 Å². The number of carbonyl (C=O) groups is 1. The van der Waals surface area contributed by atoms with Crippen LogP contribution in [0.4, 0.5) is 5.82 Å². The molecule has 0 saturated carbocycles. The van der Waals surface area contributed by atoms with E-state index in [2.05, 4.69) is 15.7 Å². The van der Waals surface area contributed by atoms with Gasteiger partial charge in [-0.15, -0.1) is 24.8 Å². The van der Waals surface area contributed by atoms with E-state index in [1.54, 1.807) is 26.2 Å². The van der Waals surface area contributed by atoms with Crippen molar-refractivity contribution in [2.45, 2.75) is 25.7 Å². The number of rotatable bonds is 3. The first-order valence-electron chi connectivity index (χ1n) is 7.71. The van der Waals surface area contributed by atoms with E-state index in [0.29, 0.717) is 17.1 Å². The second kappa shape index (κ2) is 9.03. The molecular formula is C16H22Cl2N4O3. The number of hydrogen-bond acceptors (Lipinski definition) is 5. The standard InChI is InChI=1S/C16H20N4O3.2ClH/c1-10-9-12(11-3-6-17-7-4-11)23-16(22)14(10)15(21)19-13-5-8-18-20(13)2;;/h5,8-9,11,17H,3-4,6-7H2,1-2H3,(H,19,21);2*1H. The van der Waals surface area contributed by atoms with Gasteiger partial charge in [0.25, 0.3) is 5.91 Å². The largest absolute Gasteiger partial charge is 0.427 e. The smallest absolute Gasteiger partial charge is 0.349 e. The van der Waals surface area contributed by atoms with E-state index in [-0.39, 0.29) is 36.3 Å². The van der Waals surface area contributed by atoms with Crippen LogP contribution in [0.25, 0.3) is 0 Å². The van der Waals surface area contributed by atoms with Crippen LogP contribution in [0.5, 0.6) is 0 Å². The summed E-state index contributed by atoms with van der Waals surface area (Å²) in [6.07, 6.45) is 3.44. The van der Waals surface area contributed by atoms with Crippen LogP contribution < -0.4 is 16.3 Å². The number of aryl methyl sites for hydroxylation is 2. The molecule has 2 N–H and O–H groups in total. The highest BCUT2D eigenvalue weighted by molar-refractivity contribution is 6.04. The Hall–Kier alpha value is -1.83. The summed E-state index contributed by atoms with van der Waals surface area (Å²) in [4.78, 5) is 24.7. The molecule has 0 aliphatic carbocycles. The van der Waals surface area contributed by atoms with E-state index >= 15 is 0 Å². The molecule has 0 radical (unpaired) electrons. The topological polar surface area (TPSA) is 89.2 Å². The van der Waals surface area contributed by atoms with E-state index in [4.69, 9.17) is 4.42 Å². The maximum absolute atomic E-state index is 12.4. The van der Waals surface area contributed by atoms with E-state index in [9.17, 15) is 9.59 Å². The Morgan fingerprint density at radius 1 is 1.36 bits per heavy atom. The zero-order valence-corrected chi connectivity index (χ0v) is 15.7. The monoisotopic (exact) mass is 388 g/mol. The van der Waals surface area contributed by atoms with Crippen molar-refractivity contribution in [3.63, 3.8) is 0 Å². The Labute approximate surface area is 158 Å². The van der Waals surface area contributed by atoms with Gasteiger partial charge in [-0.1, -0.05) is 0 Å². The molecule has 0 bridgehead atoms. The number of nitrogens with zero attached hydrogens (tertiary/aromatic N) is 2. The molecule has 3 heterocycles. The normalized spacial score (nSPS) is 14.3. The van der Waals surface area contributed by atoms with Crippen LogP contribution in [0.2, 0.25) is 0 Å². The van der Waals surface area contributed by atoms with Gasteiger partial charge in [-0.05, 0) is 44.5 Å². The fourth-order valence-electron chi connectivity index (χ4n) is 2.89. The zero-order chi connectivity index (χ0) is 16.4. The maximum Gasteiger partial charge on any atom is 0.349 e. The average Bonchev–Trinajstić information content (AvgIpc) is 2.92. The Balaban J connectivity index is 0.00000156. The lowest BCUT2D eigenvalue weighted by molar-refractivity contribution is 0.102. The number of amides is 1. The second-order valence-corrected chi connectivity index (χ2v) is 5.81. The van der Waals surface area contributed by atoms with Crippen LogP contribution in [-0.2, 0) is 7.05 Å². The van der Waals surface area contributed by atoms with Gasteiger partial charge in [-0.3, -0.25) is 9.48 Å². The third-order valence-corrected chi connectivity index (χ3v) is 4.20. The van der Waals surface area contributed by atoms with Crippen LogP contribution >= 0.6 is 24.8 Å². The Morgan fingerprint density at radius 3 is 2.60 bits per heavy atom. The molecule has 1 fully saturated rings. The molecule has 7 nitrogen and oxygen atoms in total. The fourth-order valence-corrected chi connectivity index (χ4v) is 2.89. The number of halogens is 2. The number of nitrogens with one attached hydrogen (secondary N) is 2. The van der Waals surface area contributed by atoms with Crippen molar-refractivity contribution in [3.8, 4) is 0 Å². The van der Waals surface area contributed by atoms with Crippen molar-refractivity contribution in [1.82, 2.24) is 15.1 Å². The summed E-state index contributed by atoms with van der Waals surface area (Å²) in [7, 11) is 1.71. The fraction of sp³-hybridized carbons (Fsp3) is 0.438. The molecular weight excluding hydrogens is 367 g/mol. The van der Waals surface area contributed by atoms with Crippen molar-refractivity contribution in [2.24, 2.45) is 7.05 Å². The Kier molecular flexibility index (Phi) is 7.66. The molecule has 1 aliphatic heterocycles. The second-order valence-electron chi connectivity index (χ2n) is 5.81. The van der Waals surface area contributed by atoms with E-state index in [0.717, 1.165) is 25.9 Å². The predicted molar refractivity (Wildman–Crippen MR) is 100 cm³/mol. The molecule has 2 aromatic rings. The first kappa shape index (κ1) is 21.2. The van der Waals surface area contributed by atoms with Gasteiger partial charge in [-0.25, -0.2) is 4.79 Å². The Morgan fingerprint density at radius 2 is 2.04 bits per heavy atom. The summed E-state index contributed by atoms with van der Waals surface area (Å²) in [6.45, 7) is 3.59. The predicted octanol–water partition coefficient (Wildman–Crippen LogP) is 2.24. The third kappa shape index (κ3) is 4.62. The lowest BCUT2D eigenvalue weighted by Gasteiger charge is -2.21. The summed E-state index contributed by atoms with van der Waals surface area (Å²) < 4.78 is 6.96. The summed E-state index contributed by atoms with van der Waals surface area (Å²) in [6, 6.07) is 3.48. The van der Waals surface area contributed by atoms with Crippen molar-refractivity contribution in [1.29, 1.82) is 0 Å². The highest BCUT2D eigenvalue weighted by Gasteiger charge is 2.22. The number of hydrogen-bond donors (Lipinski definition) is 2. The van der Waals surface area contributed by atoms with Gasteiger partial charge >= 0.3 is 5.63 Å². The van der Waals surface area contributed by atoms with Gasteiger partial charge in [0.15, 0.2) is 0 Å². The first-order valence-corrected chi connectivity index (χ1v) is 7.71. The zero-order valence-electron chi connectivity index (χ0n) is 14.1. The molecule has 0 unspecified atom stereocenters.